The second-order valence-electron chi connectivity index (χ2n) is 2.68. The molecule has 0 aromatic carbocycles. The van der Waals surface area contributed by atoms with E-state index in [-0.39, 0.29) is 12.6 Å². The lowest BCUT2D eigenvalue weighted by molar-refractivity contribution is -0.223. The summed E-state index contributed by atoms with van der Waals surface area (Å²) in [6.45, 7) is 9.11. The summed E-state index contributed by atoms with van der Waals surface area (Å²) in [5.41, 5.74) is 0.374. The number of cyclic esters (lactones) is 1. The van der Waals surface area contributed by atoms with Crippen LogP contribution in [-0.4, -0.2) is 25.2 Å². The fourth-order valence-corrected chi connectivity index (χ4v) is 0.645. The summed E-state index contributed by atoms with van der Waals surface area (Å²) >= 11 is 0. The van der Waals surface area contributed by atoms with Crippen molar-refractivity contribution in [2.24, 2.45) is 0 Å². The minimum absolute atomic E-state index is 0.270. The van der Waals surface area contributed by atoms with Crippen LogP contribution in [0.2, 0.25) is 0 Å². The van der Waals surface area contributed by atoms with E-state index in [9.17, 15) is 4.79 Å². The van der Waals surface area contributed by atoms with Crippen LogP contribution in [-0.2, 0) is 19.1 Å². The summed E-state index contributed by atoms with van der Waals surface area (Å²) in [5, 5.41) is 0. The smallest absolute Gasteiger partial charge is 0.338 e. The highest BCUT2D eigenvalue weighted by Gasteiger charge is 2.30. The molecule has 1 rings (SSSR count). The van der Waals surface area contributed by atoms with Gasteiger partial charge in [0.1, 0.15) is 6.79 Å². The molecule has 12 heavy (non-hydrogen) atoms. The Bertz CT molecular complexity index is 195. The Morgan fingerprint density at radius 3 is 2.25 bits per heavy atom. The zero-order valence-electron chi connectivity index (χ0n) is 7.25. The van der Waals surface area contributed by atoms with E-state index in [1.54, 1.807) is 13.8 Å². The van der Waals surface area contributed by atoms with Crippen molar-refractivity contribution in [2.75, 3.05) is 6.61 Å². The third-order valence-electron chi connectivity index (χ3n) is 1.22. The van der Waals surface area contributed by atoms with E-state index in [1.165, 1.54) is 0 Å². The lowest BCUT2D eigenvalue weighted by atomic mass is 10.2. The molecule has 0 aromatic rings. The predicted molar refractivity (Wildman–Crippen MR) is 42.4 cm³/mol. The third-order valence-corrected chi connectivity index (χ3v) is 1.22. The van der Waals surface area contributed by atoms with E-state index < -0.39 is 5.79 Å². The van der Waals surface area contributed by atoms with E-state index in [0.717, 1.165) is 0 Å². The monoisotopic (exact) mass is 172 g/mol. The molecule has 0 amide bonds. The first-order valence-corrected chi connectivity index (χ1v) is 3.35. The van der Waals surface area contributed by atoms with E-state index >= 15 is 0 Å². The normalized spacial score (nSPS) is 20.5. The van der Waals surface area contributed by atoms with Crippen molar-refractivity contribution in [1.82, 2.24) is 0 Å². The Hall–Kier alpha value is -1.16. The van der Waals surface area contributed by atoms with Crippen molar-refractivity contribution in [2.45, 2.75) is 19.6 Å². The van der Waals surface area contributed by atoms with Crippen LogP contribution in [0.15, 0.2) is 12.2 Å². The Balaban J connectivity index is 0.000000561. The molecule has 0 aliphatic carbocycles. The van der Waals surface area contributed by atoms with Crippen molar-refractivity contribution in [1.29, 1.82) is 0 Å². The number of ether oxygens (including phenoxy) is 2. The van der Waals surface area contributed by atoms with E-state index in [0.29, 0.717) is 5.57 Å². The fourth-order valence-electron chi connectivity index (χ4n) is 0.645. The molecule has 0 radical (unpaired) electrons. The van der Waals surface area contributed by atoms with Gasteiger partial charge >= 0.3 is 5.97 Å². The molecule has 0 N–H and O–H groups in total. The molecule has 1 aliphatic rings. The molecule has 1 fully saturated rings. The molecular formula is C8H12O4. The van der Waals surface area contributed by atoms with Crippen molar-refractivity contribution >= 4 is 12.8 Å². The van der Waals surface area contributed by atoms with Crippen molar-refractivity contribution < 1.29 is 19.1 Å². The summed E-state index contributed by atoms with van der Waals surface area (Å²) < 4.78 is 9.93. The SMILES string of the molecule is C=C1COC(C)(C)OC1=O.C=O. The summed E-state index contributed by atoms with van der Waals surface area (Å²) in [7, 11) is 0. The van der Waals surface area contributed by atoms with Gasteiger partial charge < -0.3 is 14.3 Å². The average molecular weight is 172 g/mol. The van der Waals surface area contributed by atoms with Gasteiger partial charge in [-0.2, -0.15) is 0 Å². The van der Waals surface area contributed by atoms with Crippen molar-refractivity contribution in [3.63, 3.8) is 0 Å². The minimum Gasteiger partial charge on any atom is -0.430 e. The van der Waals surface area contributed by atoms with Gasteiger partial charge in [-0.3, -0.25) is 0 Å². The van der Waals surface area contributed by atoms with Crippen molar-refractivity contribution in [3.05, 3.63) is 12.2 Å². The van der Waals surface area contributed by atoms with Gasteiger partial charge in [0.2, 0.25) is 5.79 Å². The number of carbonyl (C=O) groups excluding carboxylic acids is 2. The van der Waals surface area contributed by atoms with Gasteiger partial charge in [0.05, 0.1) is 12.2 Å². The highest BCUT2D eigenvalue weighted by molar-refractivity contribution is 5.88. The molecule has 0 bridgehead atoms. The summed E-state index contributed by atoms with van der Waals surface area (Å²) in [4.78, 5) is 18.8. The van der Waals surface area contributed by atoms with Gasteiger partial charge in [-0.15, -0.1) is 0 Å². The highest BCUT2D eigenvalue weighted by atomic mass is 16.7. The second-order valence-corrected chi connectivity index (χ2v) is 2.68. The Morgan fingerprint density at radius 2 is 1.92 bits per heavy atom. The van der Waals surface area contributed by atoms with Crippen LogP contribution in [0.3, 0.4) is 0 Å². The zero-order valence-corrected chi connectivity index (χ0v) is 7.25. The zero-order chi connectivity index (χ0) is 9.78. The summed E-state index contributed by atoms with van der Waals surface area (Å²) in [5.74, 6) is -1.14. The van der Waals surface area contributed by atoms with E-state index in [1.807, 2.05) is 6.79 Å². The van der Waals surface area contributed by atoms with Crippen LogP contribution in [0.4, 0.5) is 0 Å². The van der Waals surface area contributed by atoms with Crippen LogP contribution in [0.25, 0.3) is 0 Å². The van der Waals surface area contributed by atoms with Gasteiger partial charge in [-0.1, -0.05) is 6.58 Å². The largest absolute Gasteiger partial charge is 0.430 e. The standard InChI is InChI=1S/C7H10O3.CH2O/c1-5-4-9-7(2,3)10-6(5)8;1-2/h1,4H2,2-3H3;1H2. The number of esters is 1. The fraction of sp³-hybridized carbons (Fsp3) is 0.500. The maximum atomic E-state index is 10.8. The first kappa shape index (κ1) is 10.8. The van der Waals surface area contributed by atoms with Gasteiger partial charge in [0.25, 0.3) is 0 Å². The molecule has 0 aromatic heterocycles. The molecular weight excluding hydrogens is 160 g/mol. The highest BCUT2D eigenvalue weighted by Crippen LogP contribution is 2.19. The summed E-state index contributed by atoms with van der Waals surface area (Å²) in [6.07, 6.45) is 0. The lowest BCUT2D eigenvalue weighted by Gasteiger charge is -2.30. The number of hydrogen-bond donors (Lipinski definition) is 0. The maximum Gasteiger partial charge on any atom is 0.338 e. The molecule has 1 saturated heterocycles. The van der Waals surface area contributed by atoms with Gasteiger partial charge in [0, 0.05) is 13.8 Å². The molecule has 0 spiro atoms. The number of rotatable bonds is 0. The molecule has 1 heterocycles. The molecule has 4 heteroatoms. The first-order chi connectivity index (χ1) is 5.51. The maximum absolute atomic E-state index is 10.8. The third kappa shape index (κ3) is 2.84. The van der Waals surface area contributed by atoms with Crippen LogP contribution in [0.1, 0.15) is 13.8 Å². The Kier molecular flexibility index (Phi) is 3.63. The summed E-state index contributed by atoms with van der Waals surface area (Å²) in [6, 6.07) is 0. The molecule has 0 saturated carbocycles. The average Bonchev–Trinajstić information content (AvgIpc) is 2.01. The molecule has 4 nitrogen and oxygen atoms in total. The number of carbonyl (C=O) groups is 2. The molecule has 0 atom stereocenters. The van der Waals surface area contributed by atoms with Gasteiger partial charge in [0.15, 0.2) is 0 Å². The molecule has 0 unspecified atom stereocenters. The predicted octanol–water partition coefficient (Wildman–Crippen LogP) is 0.667. The van der Waals surface area contributed by atoms with Gasteiger partial charge in [-0.05, 0) is 0 Å². The molecule has 68 valence electrons. The Labute approximate surface area is 71.2 Å². The van der Waals surface area contributed by atoms with E-state index in [2.05, 4.69) is 6.58 Å². The van der Waals surface area contributed by atoms with Gasteiger partial charge in [-0.25, -0.2) is 4.79 Å². The Morgan fingerprint density at radius 1 is 1.42 bits per heavy atom. The first-order valence-electron chi connectivity index (χ1n) is 3.35. The van der Waals surface area contributed by atoms with E-state index in [4.69, 9.17) is 14.3 Å². The second kappa shape index (κ2) is 4.01. The van der Waals surface area contributed by atoms with Crippen molar-refractivity contribution in [3.8, 4) is 0 Å². The minimum atomic E-state index is -0.779. The molecule has 1 aliphatic heterocycles. The lowest BCUT2D eigenvalue weighted by Crippen LogP contribution is -2.38. The van der Waals surface area contributed by atoms with Crippen LogP contribution < -0.4 is 0 Å². The van der Waals surface area contributed by atoms with Crippen LogP contribution >= 0.6 is 0 Å². The van der Waals surface area contributed by atoms with Crippen LogP contribution in [0, 0.1) is 0 Å². The topological polar surface area (TPSA) is 52.6 Å². The van der Waals surface area contributed by atoms with Crippen LogP contribution in [0.5, 0.6) is 0 Å². The number of hydrogen-bond acceptors (Lipinski definition) is 4. The quantitative estimate of drug-likeness (QED) is 0.398.